The third kappa shape index (κ3) is 2.68. The Morgan fingerprint density at radius 3 is 2.83 bits per heavy atom. The van der Waals surface area contributed by atoms with E-state index in [1.165, 1.54) is 11.5 Å². The molecule has 8 nitrogen and oxygen atoms in total. The Labute approximate surface area is 143 Å². The van der Waals surface area contributed by atoms with Crippen molar-refractivity contribution >= 4 is 33.6 Å². The fourth-order valence-electron chi connectivity index (χ4n) is 2.98. The summed E-state index contributed by atoms with van der Waals surface area (Å²) in [5.41, 5.74) is 1.38. The van der Waals surface area contributed by atoms with E-state index in [1.54, 1.807) is 6.33 Å². The van der Waals surface area contributed by atoms with Crippen LogP contribution in [-0.4, -0.2) is 50.7 Å². The molecule has 4 heterocycles. The van der Waals surface area contributed by atoms with Gasteiger partial charge in [0.15, 0.2) is 0 Å². The van der Waals surface area contributed by atoms with E-state index in [0.29, 0.717) is 5.71 Å². The number of nitrogens with zero attached hydrogens (tertiary/aromatic N) is 7. The zero-order chi connectivity index (χ0) is 16.5. The lowest BCUT2D eigenvalue weighted by atomic mass is 10.2. The maximum Gasteiger partial charge on any atom is 0.263 e. The van der Waals surface area contributed by atoms with Crippen LogP contribution in [0.1, 0.15) is 24.9 Å². The summed E-state index contributed by atoms with van der Waals surface area (Å²) in [6, 6.07) is 0. The quantitative estimate of drug-likeness (QED) is 0.713. The van der Waals surface area contributed by atoms with Gasteiger partial charge in [-0.15, -0.1) is 0 Å². The molecule has 24 heavy (non-hydrogen) atoms. The van der Waals surface area contributed by atoms with Gasteiger partial charge in [-0.3, -0.25) is 0 Å². The lowest BCUT2D eigenvalue weighted by Gasteiger charge is -2.22. The van der Waals surface area contributed by atoms with Crippen LogP contribution < -0.4 is 9.80 Å². The molecule has 0 N–H and O–H groups in total. The lowest BCUT2D eigenvalue weighted by Crippen LogP contribution is -2.31. The highest BCUT2D eigenvalue weighted by Gasteiger charge is 2.22. The van der Waals surface area contributed by atoms with Crippen molar-refractivity contribution in [2.75, 3.05) is 36.0 Å². The Morgan fingerprint density at radius 2 is 2.00 bits per heavy atom. The van der Waals surface area contributed by atoms with Crippen LogP contribution in [0.25, 0.3) is 11.1 Å². The fourth-order valence-corrected chi connectivity index (χ4v) is 3.78. The van der Waals surface area contributed by atoms with Crippen molar-refractivity contribution in [3.63, 3.8) is 0 Å². The number of fused-ring (bicyclic) bond motifs is 1. The third-order valence-electron chi connectivity index (χ3n) is 4.26. The van der Waals surface area contributed by atoms with Crippen LogP contribution in [0.15, 0.2) is 10.9 Å². The number of rotatable bonds is 3. The predicted molar refractivity (Wildman–Crippen MR) is 92.7 cm³/mol. The first-order valence-electron chi connectivity index (χ1n) is 8.15. The van der Waals surface area contributed by atoms with Gasteiger partial charge in [-0.05, 0) is 13.3 Å². The standard InChI is InChI=1S/C15H19N7OS/c1-3-11-18-15(24-20-11)22-6-4-5-21(7-8-22)13-12-10(2)19-23-14(12)17-9-16-13/h9H,3-8H2,1-2H3. The van der Waals surface area contributed by atoms with Gasteiger partial charge in [-0.1, -0.05) is 12.1 Å². The van der Waals surface area contributed by atoms with E-state index in [0.717, 1.165) is 66.9 Å². The van der Waals surface area contributed by atoms with Crippen molar-refractivity contribution in [2.45, 2.75) is 26.7 Å². The Kier molecular flexibility index (Phi) is 4.01. The monoisotopic (exact) mass is 345 g/mol. The molecule has 3 aromatic heterocycles. The van der Waals surface area contributed by atoms with Gasteiger partial charge in [0.2, 0.25) is 5.13 Å². The van der Waals surface area contributed by atoms with E-state index in [2.05, 4.69) is 41.2 Å². The molecule has 0 atom stereocenters. The second kappa shape index (κ2) is 6.31. The van der Waals surface area contributed by atoms with Gasteiger partial charge in [0, 0.05) is 44.1 Å². The van der Waals surface area contributed by atoms with Gasteiger partial charge >= 0.3 is 0 Å². The summed E-state index contributed by atoms with van der Waals surface area (Å²) in [6.07, 6.45) is 3.46. The molecule has 3 aromatic rings. The van der Waals surface area contributed by atoms with Crippen molar-refractivity contribution in [3.8, 4) is 0 Å². The van der Waals surface area contributed by atoms with Gasteiger partial charge < -0.3 is 14.3 Å². The van der Waals surface area contributed by atoms with E-state index < -0.39 is 0 Å². The summed E-state index contributed by atoms with van der Waals surface area (Å²) in [7, 11) is 0. The highest BCUT2D eigenvalue weighted by molar-refractivity contribution is 7.09. The SMILES string of the molecule is CCc1nsc(N2CCCN(c3ncnc4onc(C)c34)CC2)n1. The molecule has 4 rings (SSSR count). The van der Waals surface area contributed by atoms with Crippen molar-refractivity contribution in [1.82, 2.24) is 24.5 Å². The summed E-state index contributed by atoms with van der Waals surface area (Å²) in [5, 5.41) is 5.95. The zero-order valence-corrected chi connectivity index (χ0v) is 14.6. The Bertz CT molecular complexity index is 845. The highest BCUT2D eigenvalue weighted by atomic mass is 32.1. The topological polar surface area (TPSA) is 84.1 Å². The summed E-state index contributed by atoms with van der Waals surface area (Å²) >= 11 is 1.49. The molecule has 0 bridgehead atoms. The van der Waals surface area contributed by atoms with Gasteiger partial charge in [0.25, 0.3) is 5.71 Å². The highest BCUT2D eigenvalue weighted by Crippen LogP contribution is 2.27. The van der Waals surface area contributed by atoms with E-state index in [1.807, 2.05) is 6.92 Å². The second-order valence-corrected chi connectivity index (χ2v) is 6.55. The Morgan fingerprint density at radius 1 is 1.17 bits per heavy atom. The molecule has 126 valence electrons. The Hall–Kier alpha value is -2.29. The minimum absolute atomic E-state index is 0.551. The van der Waals surface area contributed by atoms with Gasteiger partial charge in [0.05, 0.1) is 5.69 Å². The average Bonchev–Trinajstić information content (AvgIpc) is 3.15. The van der Waals surface area contributed by atoms with Crippen LogP contribution in [0.4, 0.5) is 10.9 Å². The molecule has 0 aliphatic carbocycles. The molecular weight excluding hydrogens is 326 g/mol. The molecule has 0 spiro atoms. The van der Waals surface area contributed by atoms with E-state index in [-0.39, 0.29) is 0 Å². The summed E-state index contributed by atoms with van der Waals surface area (Å²) in [5.74, 6) is 1.83. The van der Waals surface area contributed by atoms with Crippen molar-refractivity contribution in [1.29, 1.82) is 0 Å². The molecule has 9 heteroatoms. The molecule has 0 radical (unpaired) electrons. The summed E-state index contributed by atoms with van der Waals surface area (Å²) < 4.78 is 9.66. The first kappa shape index (κ1) is 15.3. The van der Waals surface area contributed by atoms with Crippen molar-refractivity contribution in [2.24, 2.45) is 0 Å². The normalized spacial score (nSPS) is 15.9. The molecular formula is C15H19N7OS. The number of hydrogen-bond acceptors (Lipinski definition) is 9. The zero-order valence-electron chi connectivity index (χ0n) is 13.8. The first-order valence-corrected chi connectivity index (χ1v) is 8.93. The number of anilines is 2. The molecule has 1 saturated heterocycles. The second-order valence-electron chi connectivity index (χ2n) is 5.82. The molecule has 0 amide bonds. The van der Waals surface area contributed by atoms with Crippen molar-refractivity contribution < 1.29 is 4.52 Å². The van der Waals surface area contributed by atoms with Crippen molar-refractivity contribution in [3.05, 3.63) is 17.8 Å². The molecule has 0 unspecified atom stereocenters. The molecule has 0 saturated carbocycles. The first-order chi connectivity index (χ1) is 11.8. The molecule has 1 aliphatic heterocycles. The number of aromatic nitrogens is 5. The summed E-state index contributed by atoms with van der Waals surface area (Å²) in [6.45, 7) is 7.69. The maximum atomic E-state index is 5.26. The number of hydrogen-bond donors (Lipinski definition) is 0. The van der Waals surface area contributed by atoms with Crippen LogP contribution in [0.2, 0.25) is 0 Å². The van der Waals surface area contributed by atoms with Crippen LogP contribution in [0.5, 0.6) is 0 Å². The minimum Gasteiger partial charge on any atom is -0.354 e. The fraction of sp³-hybridized carbons (Fsp3) is 0.533. The predicted octanol–water partition coefficient (Wildman–Crippen LogP) is 2.06. The maximum absolute atomic E-state index is 5.26. The smallest absolute Gasteiger partial charge is 0.263 e. The third-order valence-corrected chi connectivity index (χ3v) is 5.08. The lowest BCUT2D eigenvalue weighted by molar-refractivity contribution is 0.442. The Balaban J connectivity index is 1.57. The van der Waals surface area contributed by atoms with Crippen LogP contribution in [0.3, 0.4) is 0 Å². The molecule has 1 aliphatic rings. The minimum atomic E-state index is 0.551. The number of aryl methyl sites for hydroxylation is 2. The average molecular weight is 345 g/mol. The van der Waals surface area contributed by atoms with Crippen LogP contribution in [-0.2, 0) is 6.42 Å². The van der Waals surface area contributed by atoms with Gasteiger partial charge in [0.1, 0.15) is 23.4 Å². The van der Waals surface area contributed by atoms with E-state index >= 15 is 0 Å². The van der Waals surface area contributed by atoms with E-state index in [4.69, 9.17) is 4.52 Å². The summed E-state index contributed by atoms with van der Waals surface area (Å²) in [4.78, 5) is 17.9. The molecule has 1 fully saturated rings. The van der Waals surface area contributed by atoms with Crippen LogP contribution in [0, 0.1) is 6.92 Å². The largest absolute Gasteiger partial charge is 0.354 e. The van der Waals surface area contributed by atoms with Gasteiger partial charge in [-0.25, -0.2) is 9.97 Å². The van der Waals surface area contributed by atoms with E-state index in [9.17, 15) is 0 Å². The molecule has 0 aromatic carbocycles. The van der Waals surface area contributed by atoms with Crippen LogP contribution >= 0.6 is 11.5 Å². The van der Waals surface area contributed by atoms with Gasteiger partial charge in [-0.2, -0.15) is 9.36 Å².